The molecule has 1 N–H and O–H groups in total. The minimum atomic E-state index is 0.381. The van der Waals surface area contributed by atoms with E-state index in [1.165, 1.54) is 11.1 Å². The van der Waals surface area contributed by atoms with Crippen molar-refractivity contribution in [1.29, 1.82) is 0 Å². The van der Waals surface area contributed by atoms with Gasteiger partial charge in [0.15, 0.2) is 0 Å². The summed E-state index contributed by atoms with van der Waals surface area (Å²) in [6, 6.07) is 15.0. The van der Waals surface area contributed by atoms with Crippen LogP contribution in [-0.2, 0) is 6.42 Å². The Bertz CT molecular complexity index is 465. The molecule has 1 aromatic heterocycles. The summed E-state index contributed by atoms with van der Waals surface area (Å²) >= 11 is 0. The Morgan fingerprint density at radius 3 is 2.65 bits per heavy atom. The van der Waals surface area contributed by atoms with E-state index in [1.54, 1.807) is 0 Å². The van der Waals surface area contributed by atoms with Crippen LogP contribution in [0.4, 0.5) is 5.82 Å². The van der Waals surface area contributed by atoms with E-state index in [9.17, 15) is 0 Å². The molecule has 0 radical (unpaired) electrons. The van der Waals surface area contributed by atoms with Crippen LogP contribution in [0.2, 0.25) is 0 Å². The van der Waals surface area contributed by atoms with Gasteiger partial charge in [-0.2, -0.15) is 0 Å². The van der Waals surface area contributed by atoms with E-state index in [4.69, 9.17) is 0 Å². The summed E-state index contributed by atoms with van der Waals surface area (Å²) in [6.07, 6.45) is 2.85. The summed E-state index contributed by atoms with van der Waals surface area (Å²) in [6.45, 7) is 4.26. The van der Waals surface area contributed by atoms with Gasteiger partial charge in [-0.1, -0.05) is 30.3 Å². The Morgan fingerprint density at radius 2 is 1.94 bits per heavy atom. The van der Waals surface area contributed by atoms with Crippen molar-refractivity contribution in [2.45, 2.75) is 26.3 Å². The summed E-state index contributed by atoms with van der Waals surface area (Å²) in [7, 11) is 0. The fourth-order valence-electron chi connectivity index (χ4n) is 1.89. The van der Waals surface area contributed by atoms with E-state index in [-0.39, 0.29) is 0 Å². The molecule has 1 aromatic carbocycles. The highest BCUT2D eigenvalue weighted by Gasteiger charge is 2.03. The summed E-state index contributed by atoms with van der Waals surface area (Å²) < 4.78 is 0. The van der Waals surface area contributed by atoms with Gasteiger partial charge in [-0.15, -0.1) is 0 Å². The molecule has 0 bridgehead atoms. The van der Waals surface area contributed by atoms with Crippen LogP contribution in [0, 0.1) is 6.92 Å². The molecule has 0 aliphatic rings. The summed E-state index contributed by atoms with van der Waals surface area (Å²) in [5.74, 6) is 0.952. The predicted molar refractivity (Wildman–Crippen MR) is 72.2 cm³/mol. The van der Waals surface area contributed by atoms with Crippen LogP contribution in [-0.4, -0.2) is 11.0 Å². The molecule has 0 saturated heterocycles. The number of benzene rings is 1. The van der Waals surface area contributed by atoms with E-state index in [0.29, 0.717) is 6.04 Å². The van der Waals surface area contributed by atoms with Crippen molar-refractivity contribution < 1.29 is 0 Å². The SMILES string of the molecule is Cc1ccnc(NC(C)Cc2ccccc2)c1. The standard InChI is InChI=1S/C15H18N2/c1-12-8-9-16-15(10-12)17-13(2)11-14-6-4-3-5-7-14/h3-10,13H,11H2,1-2H3,(H,16,17). The highest BCUT2D eigenvalue weighted by molar-refractivity contribution is 5.38. The molecule has 17 heavy (non-hydrogen) atoms. The van der Waals surface area contributed by atoms with Crippen LogP contribution in [0.3, 0.4) is 0 Å². The highest BCUT2D eigenvalue weighted by atomic mass is 15.0. The fraction of sp³-hybridized carbons (Fsp3) is 0.267. The van der Waals surface area contributed by atoms with Crippen molar-refractivity contribution in [2.24, 2.45) is 0 Å². The first kappa shape index (κ1) is 11.6. The molecule has 88 valence electrons. The van der Waals surface area contributed by atoms with Crippen molar-refractivity contribution in [3.63, 3.8) is 0 Å². The zero-order chi connectivity index (χ0) is 12.1. The molecule has 0 aliphatic heterocycles. The molecule has 2 nitrogen and oxygen atoms in total. The topological polar surface area (TPSA) is 24.9 Å². The minimum absolute atomic E-state index is 0.381. The van der Waals surface area contributed by atoms with Gasteiger partial charge >= 0.3 is 0 Å². The smallest absolute Gasteiger partial charge is 0.126 e. The molecule has 2 heteroatoms. The Kier molecular flexibility index (Phi) is 3.76. The van der Waals surface area contributed by atoms with Crippen LogP contribution in [0.1, 0.15) is 18.1 Å². The van der Waals surface area contributed by atoms with Crippen LogP contribution < -0.4 is 5.32 Å². The maximum absolute atomic E-state index is 4.31. The molecule has 0 spiro atoms. The number of rotatable bonds is 4. The van der Waals surface area contributed by atoms with Gasteiger partial charge in [-0.3, -0.25) is 0 Å². The second-order valence-corrected chi connectivity index (χ2v) is 4.45. The Labute approximate surface area is 103 Å². The van der Waals surface area contributed by atoms with Gasteiger partial charge in [0.2, 0.25) is 0 Å². The van der Waals surface area contributed by atoms with E-state index in [1.807, 2.05) is 18.3 Å². The Morgan fingerprint density at radius 1 is 1.18 bits per heavy atom. The first-order chi connectivity index (χ1) is 8.24. The third-order valence-electron chi connectivity index (χ3n) is 2.69. The lowest BCUT2D eigenvalue weighted by molar-refractivity contribution is 0.784. The first-order valence-corrected chi connectivity index (χ1v) is 5.97. The average Bonchev–Trinajstić information content (AvgIpc) is 2.30. The Balaban J connectivity index is 1.96. The second kappa shape index (κ2) is 5.48. The van der Waals surface area contributed by atoms with E-state index in [2.05, 4.69) is 54.5 Å². The molecule has 0 amide bonds. The molecule has 0 aliphatic carbocycles. The van der Waals surface area contributed by atoms with Gasteiger partial charge < -0.3 is 5.32 Å². The molecule has 0 fully saturated rings. The van der Waals surface area contributed by atoms with Gasteiger partial charge in [0.1, 0.15) is 5.82 Å². The summed E-state index contributed by atoms with van der Waals surface area (Å²) in [5, 5.41) is 3.42. The van der Waals surface area contributed by atoms with Gasteiger partial charge in [0, 0.05) is 12.2 Å². The van der Waals surface area contributed by atoms with Crippen LogP contribution in [0.25, 0.3) is 0 Å². The van der Waals surface area contributed by atoms with Gasteiger partial charge in [-0.05, 0) is 43.5 Å². The monoisotopic (exact) mass is 226 g/mol. The molecule has 1 unspecified atom stereocenters. The molecule has 1 atom stereocenters. The number of aryl methyl sites for hydroxylation is 1. The van der Waals surface area contributed by atoms with Crippen LogP contribution in [0.5, 0.6) is 0 Å². The maximum atomic E-state index is 4.31. The fourth-order valence-corrected chi connectivity index (χ4v) is 1.89. The number of anilines is 1. The van der Waals surface area contributed by atoms with Crippen LogP contribution >= 0.6 is 0 Å². The van der Waals surface area contributed by atoms with Crippen molar-refractivity contribution in [3.8, 4) is 0 Å². The highest BCUT2D eigenvalue weighted by Crippen LogP contribution is 2.10. The molecular formula is C15H18N2. The zero-order valence-corrected chi connectivity index (χ0v) is 10.4. The largest absolute Gasteiger partial charge is 0.367 e. The number of aromatic nitrogens is 1. The zero-order valence-electron chi connectivity index (χ0n) is 10.4. The quantitative estimate of drug-likeness (QED) is 0.864. The number of hydrogen-bond acceptors (Lipinski definition) is 2. The number of hydrogen-bond donors (Lipinski definition) is 1. The van der Waals surface area contributed by atoms with Gasteiger partial charge in [0.05, 0.1) is 0 Å². The lowest BCUT2D eigenvalue weighted by atomic mass is 10.1. The number of pyridine rings is 1. The summed E-state index contributed by atoms with van der Waals surface area (Å²) in [4.78, 5) is 4.31. The molecule has 1 heterocycles. The van der Waals surface area contributed by atoms with Crippen molar-refractivity contribution in [2.75, 3.05) is 5.32 Å². The van der Waals surface area contributed by atoms with Gasteiger partial charge in [0.25, 0.3) is 0 Å². The number of nitrogens with zero attached hydrogens (tertiary/aromatic N) is 1. The first-order valence-electron chi connectivity index (χ1n) is 5.97. The van der Waals surface area contributed by atoms with Crippen molar-refractivity contribution in [3.05, 3.63) is 59.8 Å². The van der Waals surface area contributed by atoms with Crippen molar-refractivity contribution >= 4 is 5.82 Å². The molecule has 0 saturated carbocycles. The third-order valence-corrected chi connectivity index (χ3v) is 2.69. The third kappa shape index (κ3) is 3.59. The normalized spacial score (nSPS) is 12.1. The summed E-state index contributed by atoms with van der Waals surface area (Å²) in [5.41, 5.74) is 2.58. The lowest BCUT2D eigenvalue weighted by Crippen LogP contribution is -2.18. The van der Waals surface area contributed by atoms with E-state index < -0.39 is 0 Å². The minimum Gasteiger partial charge on any atom is -0.367 e. The van der Waals surface area contributed by atoms with Crippen molar-refractivity contribution in [1.82, 2.24) is 4.98 Å². The van der Waals surface area contributed by atoms with Crippen LogP contribution in [0.15, 0.2) is 48.7 Å². The molecule has 2 rings (SSSR count). The van der Waals surface area contributed by atoms with Gasteiger partial charge in [-0.25, -0.2) is 4.98 Å². The maximum Gasteiger partial charge on any atom is 0.126 e. The second-order valence-electron chi connectivity index (χ2n) is 4.45. The lowest BCUT2D eigenvalue weighted by Gasteiger charge is -2.14. The predicted octanol–water partition coefficient (Wildman–Crippen LogP) is 3.43. The average molecular weight is 226 g/mol. The molecular weight excluding hydrogens is 208 g/mol. The van der Waals surface area contributed by atoms with E-state index in [0.717, 1.165) is 12.2 Å². The van der Waals surface area contributed by atoms with E-state index >= 15 is 0 Å². The Hall–Kier alpha value is -1.83. The molecule has 2 aromatic rings. The number of nitrogens with one attached hydrogen (secondary N) is 1.